The second-order valence-corrected chi connectivity index (χ2v) is 6.87. The van der Waals surface area contributed by atoms with E-state index in [9.17, 15) is 4.79 Å². The number of hydrogen-bond donors (Lipinski definition) is 1. The molecule has 2 amide bonds. The average Bonchev–Trinajstić information content (AvgIpc) is 3.47. The number of amides is 2. The van der Waals surface area contributed by atoms with Gasteiger partial charge in [0.2, 0.25) is 0 Å². The van der Waals surface area contributed by atoms with E-state index in [1.165, 1.54) is 25.7 Å². The summed E-state index contributed by atoms with van der Waals surface area (Å²) in [5.41, 5.74) is 1.15. The number of urea groups is 1. The molecule has 1 aliphatic heterocycles. The zero-order valence-corrected chi connectivity index (χ0v) is 12.9. The molecule has 3 fully saturated rings. The lowest BCUT2D eigenvalue weighted by atomic mass is 10.1. The van der Waals surface area contributed by atoms with Crippen molar-refractivity contribution in [2.75, 3.05) is 19.7 Å². The molecular weight excluding hydrogens is 276 g/mol. The minimum absolute atomic E-state index is 0.000926. The van der Waals surface area contributed by atoms with E-state index in [4.69, 9.17) is 4.74 Å². The lowest BCUT2D eigenvalue weighted by Crippen LogP contribution is -2.51. The summed E-state index contributed by atoms with van der Waals surface area (Å²) in [7, 11) is 0. The molecule has 4 nitrogen and oxygen atoms in total. The minimum atomic E-state index is 0.000926. The molecule has 1 N–H and O–H groups in total. The number of carbonyl (C=O) groups excluding carboxylic acids is 1. The van der Waals surface area contributed by atoms with Crippen LogP contribution in [0, 0.1) is 11.8 Å². The van der Waals surface area contributed by atoms with Crippen molar-refractivity contribution >= 4 is 6.03 Å². The zero-order chi connectivity index (χ0) is 14.9. The second kappa shape index (κ2) is 5.92. The fourth-order valence-corrected chi connectivity index (χ4v) is 3.47. The molecule has 0 radical (unpaired) electrons. The molecule has 1 aromatic rings. The van der Waals surface area contributed by atoms with E-state index in [1.54, 1.807) is 0 Å². The van der Waals surface area contributed by atoms with Crippen LogP contribution in [-0.2, 0) is 4.74 Å². The first-order valence-electron chi connectivity index (χ1n) is 8.53. The van der Waals surface area contributed by atoms with Crippen molar-refractivity contribution in [2.24, 2.45) is 11.8 Å². The van der Waals surface area contributed by atoms with E-state index in [2.05, 4.69) is 17.4 Å². The molecule has 1 heterocycles. The fourth-order valence-electron chi connectivity index (χ4n) is 3.47. The third-order valence-corrected chi connectivity index (χ3v) is 5.07. The summed E-state index contributed by atoms with van der Waals surface area (Å²) in [6, 6.07) is 10.7. The van der Waals surface area contributed by atoms with Gasteiger partial charge in [-0.15, -0.1) is 0 Å². The summed E-state index contributed by atoms with van der Waals surface area (Å²) in [5.74, 6) is 1.48. The van der Waals surface area contributed by atoms with Gasteiger partial charge in [0.15, 0.2) is 0 Å². The summed E-state index contributed by atoms with van der Waals surface area (Å²) in [6.07, 6.45) is 5.16. The fraction of sp³-hybridized carbons (Fsp3) is 0.611. The average molecular weight is 300 g/mol. The van der Waals surface area contributed by atoms with Crippen LogP contribution in [-0.4, -0.2) is 36.7 Å². The third-order valence-electron chi connectivity index (χ3n) is 5.07. The first-order chi connectivity index (χ1) is 10.8. The molecule has 1 aromatic carbocycles. The maximum Gasteiger partial charge on any atom is 0.317 e. The molecule has 4 rings (SSSR count). The summed E-state index contributed by atoms with van der Waals surface area (Å²) in [6.45, 7) is 1.96. The van der Waals surface area contributed by atoms with Gasteiger partial charge in [-0.3, -0.25) is 0 Å². The van der Waals surface area contributed by atoms with Crippen LogP contribution < -0.4 is 5.32 Å². The SMILES string of the molecule is O=C(NC(C1CC1)C1CC1)N1CCO[C@@H](c2ccccc2)C1. The number of hydrogen-bond acceptors (Lipinski definition) is 2. The molecule has 1 atom stereocenters. The minimum Gasteiger partial charge on any atom is -0.370 e. The Balaban J connectivity index is 1.38. The molecule has 0 spiro atoms. The topological polar surface area (TPSA) is 41.6 Å². The molecule has 2 aliphatic carbocycles. The van der Waals surface area contributed by atoms with Gasteiger partial charge in [0.1, 0.15) is 6.10 Å². The van der Waals surface area contributed by atoms with Gasteiger partial charge < -0.3 is 15.0 Å². The Labute approximate surface area is 131 Å². The predicted molar refractivity (Wildman–Crippen MR) is 84.5 cm³/mol. The van der Waals surface area contributed by atoms with Gasteiger partial charge in [0.25, 0.3) is 0 Å². The Morgan fingerprint density at radius 1 is 1.14 bits per heavy atom. The Kier molecular flexibility index (Phi) is 3.78. The number of ether oxygens (including phenoxy) is 1. The predicted octanol–water partition coefficient (Wildman–Crippen LogP) is 2.96. The van der Waals surface area contributed by atoms with Gasteiger partial charge >= 0.3 is 6.03 Å². The Morgan fingerprint density at radius 3 is 2.45 bits per heavy atom. The summed E-state index contributed by atoms with van der Waals surface area (Å²) in [4.78, 5) is 14.5. The van der Waals surface area contributed by atoms with Crippen molar-refractivity contribution in [1.82, 2.24) is 10.2 Å². The Bertz CT molecular complexity index is 513. The van der Waals surface area contributed by atoms with Crippen LogP contribution in [0.1, 0.15) is 37.4 Å². The van der Waals surface area contributed by atoms with E-state index in [-0.39, 0.29) is 12.1 Å². The van der Waals surface area contributed by atoms with E-state index >= 15 is 0 Å². The molecule has 4 heteroatoms. The molecule has 118 valence electrons. The number of nitrogens with one attached hydrogen (secondary N) is 1. The van der Waals surface area contributed by atoms with Crippen LogP contribution >= 0.6 is 0 Å². The molecule has 0 unspecified atom stereocenters. The maximum atomic E-state index is 12.6. The number of rotatable bonds is 4. The first kappa shape index (κ1) is 14.1. The summed E-state index contributed by atoms with van der Waals surface area (Å²) in [5, 5.41) is 3.31. The van der Waals surface area contributed by atoms with Crippen molar-refractivity contribution in [2.45, 2.75) is 37.8 Å². The largest absolute Gasteiger partial charge is 0.370 e. The van der Waals surface area contributed by atoms with Crippen molar-refractivity contribution < 1.29 is 9.53 Å². The number of carbonyl (C=O) groups is 1. The van der Waals surface area contributed by atoms with E-state index < -0.39 is 0 Å². The zero-order valence-electron chi connectivity index (χ0n) is 12.9. The van der Waals surface area contributed by atoms with Gasteiger partial charge in [-0.2, -0.15) is 0 Å². The maximum absolute atomic E-state index is 12.6. The van der Waals surface area contributed by atoms with Crippen molar-refractivity contribution in [1.29, 1.82) is 0 Å². The van der Waals surface area contributed by atoms with Gasteiger partial charge in [-0.05, 0) is 43.1 Å². The summed E-state index contributed by atoms with van der Waals surface area (Å²) < 4.78 is 5.85. The van der Waals surface area contributed by atoms with Crippen LogP contribution in [0.5, 0.6) is 0 Å². The Morgan fingerprint density at radius 2 is 1.82 bits per heavy atom. The smallest absolute Gasteiger partial charge is 0.317 e. The van der Waals surface area contributed by atoms with Crippen molar-refractivity contribution in [3.63, 3.8) is 0 Å². The normalized spacial score (nSPS) is 25.3. The van der Waals surface area contributed by atoms with E-state index in [1.807, 2.05) is 23.1 Å². The monoisotopic (exact) mass is 300 g/mol. The molecular formula is C18H24N2O2. The lowest BCUT2D eigenvalue weighted by Gasteiger charge is -2.34. The van der Waals surface area contributed by atoms with Gasteiger partial charge in [0, 0.05) is 12.6 Å². The second-order valence-electron chi connectivity index (χ2n) is 6.87. The van der Waals surface area contributed by atoms with E-state index in [0.29, 0.717) is 25.7 Å². The standard InChI is InChI=1S/C18H24N2O2/c21-18(19-17(14-6-7-14)15-8-9-15)20-10-11-22-16(12-20)13-4-2-1-3-5-13/h1-5,14-17H,6-12H2,(H,19,21)/t16-/m1/s1. The molecule has 2 saturated carbocycles. The molecule has 1 saturated heterocycles. The highest BCUT2D eigenvalue weighted by Gasteiger charge is 2.43. The number of benzene rings is 1. The molecule has 0 bridgehead atoms. The van der Waals surface area contributed by atoms with Crippen molar-refractivity contribution in [3.8, 4) is 0 Å². The highest BCUT2D eigenvalue weighted by atomic mass is 16.5. The quantitative estimate of drug-likeness (QED) is 0.929. The lowest BCUT2D eigenvalue weighted by molar-refractivity contribution is -0.0159. The van der Waals surface area contributed by atoms with Crippen LogP contribution in [0.3, 0.4) is 0 Å². The highest BCUT2D eigenvalue weighted by Crippen LogP contribution is 2.44. The number of morpholine rings is 1. The van der Waals surface area contributed by atoms with Crippen LogP contribution in [0.15, 0.2) is 30.3 Å². The molecule has 3 aliphatic rings. The molecule has 0 aromatic heterocycles. The number of nitrogens with zero attached hydrogens (tertiary/aromatic N) is 1. The van der Waals surface area contributed by atoms with Crippen molar-refractivity contribution in [3.05, 3.63) is 35.9 Å². The van der Waals surface area contributed by atoms with Crippen LogP contribution in [0.2, 0.25) is 0 Å². The van der Waals surface area contributed by atoms with E-state index in [0.717, 1.165) is 17.4 Å². The van der Waals surface area contributed by atoms with Gasteiger partial charge in [-0.25, -0.2) is 4.79 Å². The molecule has 22 heavy (non-hydrogen) atoms. The van der Waals surface area contributed by atoms with Crippen LogP contribution in [0.4, 0.5) is 4.79 Å². The Hall–Kier alpha value is -1.55. The van der Waals surface area contributed by atoms with Gasteiger partial charge in [0.05, 0.1) is 13.2 Å². The first-order valence-corrected chi connectivity index (χ1v) is 8.53. The highest BCUT2D eigenvalue weighted by molar-refractivity contribution is 5.75. The van der Waals surface area contributed by atoms with Crippen LogP contribution in [0.25, 0.3) is 0 Å². The van der Waals surface area contributed by atoms with Gasteiger partial charge in [-0.1, -0.05) is 30.3 Å². The third kappa shape index (κ3) is 3.12. The summed E-state index contributed by atoms with van der Waals surface area (Å²) >= 11 is 0.